The largest absolute Gasteiger partial charge is 0.444 e. The first-order chi connectivity index (χ1) is 12.2. The van der Waals surface area contributed by atoms with Gasteiger partial charge >= 0.3 is 6.09 Å². The van der Waals surface area contributed by atoms with E-state index >= 15 is 0 Å². The van der Waals surface area contributed by atoms with Gasteiger partial charge in [-0.05, 0) is 40.7 Å². The molecule has 1 aliphatic heterocycles. The molecule has 0 aliphatic carbocycles. The Bertz CT molecular complexity index is 845. The Kier molecular flexibility index (Phi) is 4.60. The number of ether oxygens (including phenoxy) is 1. The van der Waals surface area contributed by atoms with Gasteiger partial charge in [0.2, 0.25) is 0 Å². The molecule has 2 amide bonds. The van der Waals surface area contributed by atoms with Crippen molar-refractivity contribution in [1.29, 1.82) is 0 Å². The fourth-order valence-electron chi connectivity index (χ4n) is 2.98. The lowest BCUT2D eigenvalue weighted by Crippen LogP contribution is -2.51. The summed E-state index contributed by atoms with van der Waals surface area (Å²) >= 11 is 0. The molecule has 3 heterocycles. The van der Waals surface area contributed by atoms with Gasteiger partial charge in [0.25, 0.3) is 11.6 Å². The molecule has 140 valence electrons. The number of hydrogen-bond donors (Lipinski definition) is 0. The van der Waals surface area contributed by atoms with E-state index in [-0.39, 0.29) is 12.0 Å². The lowest BCUT2D eigenvalue weighted by molar-refractivity contribution is 0.0141. The highest BCUT2D eigenvalue weighted by Crippen LogP contribution is 2.24. The van der Waals surface area contributed by atoms with E-state index in [4.69, 9.17) is 9.26 Å². The van der Waals surface area contributed by atoms with Gasteiger partial charge in [-0.15, -0.1) is 0 Å². The van der Waals surface area contributed by atoms with Gasteiger partial charge in [-0.25, -0.2) is 9.78 Å². The molecular formula is C18H24N4O4. The van der Waals surface area contributed by atoms with Crippen LogP contribution in [0.15, 0.2) is 10.6 Å². The van der Waals surface area contributed by atoms with Crippen LogP contribution in [0.1, 0.15) is 42.5 Å². The van der Waals surface area contributed by atoms with Crippen molar-refractivity contribution < 1.29 is 18.8 Å². The molecule has 1 fully saturated rings. The lowest BCUT2D eigenvalue weighted by Gasteiger charge is -2.35. The lowest BCUT2D eigenvalue weighted by atomic mass is 10.1. The summed E-state index contributed by atoms with van der Waals surface area (Å²) in [4.78, 5) is 32.8. The second-order valence-electron chi connectivity index (χ2n) is 7.52. The molecule has 3 rings (SSSR count). The first-order valence-corrected chi connectivity index (χ1v) is 8.66. The minimum atomic E-state index is -0.532. The third-order valence-corrected chi connectivity index (χ3v) is 4.19. The van der Waals surface area contributed by atoms with E-state index in [0.717, 1.165) is 0 Å². The Hall–Kier alpha value is -2.64. The molecule has 1 saturated heterocycles. The predicted octanol–water partition coefficient (Wildman–Crippen LogP) is 2.53. The minimum absolute atomic E-state index is 0.101. The summed E-state index contributed by atoms with van der Waals surface area (Å²) in [6.45, 7) is 10.9. The monoisotopic (exact) mass is 360 g/mol. The number of hydrogen-bond acceptors (Lipinski definition) is 6. The second-order valence-corrected chi connectivity index (χ2v) is 7.52. The maximum atomic E-state index is 13.0. The Balaban J connectivity index is 1.74. The van der Waals surface area contributed by atoms with Crippen LogP contribution in [0, 0.1) is 13.8 Å². The Morgan fingerprint density at radius 1 is 1.12 bits per heavy atom. The second kappa shape index (κ2) is 6.59. The van der Waals surface area contributed by atoms with Crippen LogP contribution in [0.2, 0.25) is 0 Å². The number of piperazine rings is 1. The van der Waals surface area contributed by atoms with E-state index in [1.165, 1.54) is 0 Å². The van der Waals surface area contributed by atoms with Gasteiger partial charge in [0.15, 0.2) is 0 Å². The Morgan fingerprint density at radius 3 is 2.35 bits per heavy atom. The summed E-state index contributed by atoms with van der Waals surface area (Å²) < 4.78 is 10.6. The third-order valence-electron chi connectivity index (χ3n) is 4.19. The summed E-state index contributed by atoms with van der Waals surface area (Å²) in [6.07, 6.45) is -0.346. The fourth-order valence-corrected chi connectivity index (χ4v) is 2.98. The first kappa shape index (κ1) is 18.2. The molecular weight excluding hydrogens is 336 g/mol. The highest BCUT2D eigenvalue weighted by molar-refractivity contribution is 6.06. The highest BCUT2D eigenvalue weighted by atomic mass is 16.6. The average Bonchev–Trinajstić information content (AvgIpc) is 2.93. The molecule has 0 bridgehead atoms. The van der Waals surface area contributed by atoms with Gasteiger partial charge in [0.05, 0.1) is 16.6 Å². The molecule has 0 radical (unpaired) electrons. The minimum Gasteiger partial charge on any atom is -0.444 e. The molecule has 0 N–H and O–H groups in total. The molecule has 8 heteroatoms. The molecule has 0 aromatic carbocycles. The number of amides is 2. The Morgan fingerprint density at radius 2 is 1.73 bits per heavy atom. The highest BCUT2D eigenvalue weighted by Gasteiger charge is 2.29. The number of aromatic nitrogens is 2. The molecule has 8 nitrogen and oxygen atoms in total. The first-order valence-electron chi connectivity index (χ1n) is 8.66. The van der Waals surface area contributed by atoms with Crippen molar-refractivity contribution in [3.8, 4) is 0 Å². The van der Waals surface area contributed by atoms with Crippen molar-refractivity contribution in [2.75, 3.05) is 26.2 Å². The molecule has 0 unspecified atom stereocenters. The topological polar surface area (TPSA) is 88.8 Å². The zero-order chi connectivity index (χ0) is 19.1. The molecule has 2 aromatic heterocycles. The van der Waals surface area contributed by atoms with Crippen LogP contribution in [-0.4, -0.2) is 63.7 Å². The number of carbonyl (C=O) groups is 2. The molecule has 2 aromatic rings. The number of aryl methyl sites for hydroxylation is 2. The van der Waals surface area contributed by atoms with Crippen LogP contribution >= 0.6 is 0 Å². The summed E-state index contributed by atoms with van der Waals surface area (Å²) in [5, 5.41) is 4.56. The van der Waals surface area contributed by atoms with Gasteiger partial charge in [0, 0.05) is 31.9 Å². The maximum Gasteiger partial charge on any atom is 0.410 e. The van der Waals surface area contributed by atoms with Gasteiger partial charge in [-0.1, -0.05) is 5.16 Å². The summed E-state index contributed by atoms with van der Waals surface area (Å²) in [5.41, 5.74) is 1.72. The molecule has 0 saturated carbocycles. The van der Waals surface area contributed by atoms with E-state index in [0.29, 0.717) is 54.2 Å². The number of carbonyl (C=O) groups excluding carboxylic acids is 2. The average molecular weight is 360 g/mol. The quantitative estimate of drug-likeness (QED) is 0.776. The molecule has 0 atom stereocenters. The van der Waals surface area contributed by atoms with Crippen molar-refractivity contribution >= 4 is 23.1 Å². The zero-order valence-electron chi connectivity index (χ0n) is 15.8. The predicted molar refractivity (Wildman–Crippen MR) is 95.0 cm³/mol. The van der Waals surface area contributed by atoms with Crippen LogP contribution in [-0.2, 0) is 4.74 Å². The van der Waals surface area contributed by atoms with Crippen LogP contribution in [0.5, 0.6) is 0 Å². The number of pyridine rings is 1. The Labute approximate surface area is 152 Å². The number of rotatable bonds is 1. The van der Waals surface area contributed by atoms with Crippen LogP contribution < -0.4 is 0 Å². The van der Waals surface area contributed by atoms with Crippen molar-refractivity contribution in [2.24, 2.45) is 0 Å². The van der Waals surface area contributed by atoms with E-state index in [2.05, 4.69) is 10.1 Å². The van der Waals surface area contributed by atoms with Gasteiger partial charge < -0.3 is 19.1 Å². The van der Waals surface area contributed by atoms with E-state index in [9.17, 15) is 9.59 Å². The van der Waals surface area contributed by atoms with E-state index in [1.54, 1.807) is 22.8 Å². The van der Waals surface area contributed by atoms with E-state index in [1.807, 2.05) is 27.7 Å². The summed E-state index contributed by atoms with van der Waals surface area (Å²) in [7, 11) is 0. The number of fused-ring (bicyclic) bond motifs is 1. The SMILES string of the molecule is Cc1cc(C(=O)N2CCN(C(=O)OC(C)(C)C)CC2)c2c(C)noc2n1. The summed E-state index contributed by atoms with van der Waals surface area (Å²) in [6, 6.07) is 1.76. The maximum absolute atomic E-state index is 13.0. The van der Waals surface area contributed by atoms with Crippen molar-refractivity contribution in [2.45, 2.75) is 40.2 Å². The molecule has 1 aliphatic rings. The molecule has 0 spiro atoms. The van der Waals surface area contributed by atoms with E-state index < -0.39 is 5.60 Å². The van der Waals surface area contributed by atoms with Crippen LogP contribution in [0.25, 0.3) is 11.1 Å². The number of nitrogens with zero attached hydrogens (tertiary/aromatic N) is 4. The normalized spacial score (nSPS) is 15.4. The zero-order valence-corrected chi connectivity index (χ0v) is 15.8. The van der Waals surface area contributed by atoms with Crippen LogP contribution in [0.4, 0.5) is 4.79 Å². The van der Waals surface area contributed by atoms with Crippen molar-refractivity contribution in [1.82, 2.24) is 19.9 Å². The smallest absolute Gasteiger partial charge is 0.410 e. The van der Waals surface area contributed by atoms with Crippen LogP contribution in [0.3, 0.4) is 0 Å². The summed E-state index contributed by atoms with van der Waals surface area (Å²) in [5.74, 6) is -0.101. The van der Waals surface area contributed by atoms with Gasteiger partial charge in [-0.3, -0.25) is 4.79 Å². The fraction of sp³-hybridized carbons (Fsp3) is 0.556. The van der Waals surface area contributed by atoms with Crippen molar-refractivity contribution in [3.63, 3.8) is 0 Å². The van der Waals surface area contributed by atoms with Gasteiger partial charge in [-0.2, -0.15) is 0 Å². The standard InChI is InChI=1S/C18H24N4O4/c1-11-10-13(14-12(2)20-26-15(14)19-11)16(23)21-6-8-22(9-7-21)17(24)25-18(3,4)5/h10H,6-9H2,1-5H3. The third kappa shape index (κ3) is 3.63. The van der Waals surface area contributed by atoms with Gasteiger partial charge in [0.1, 0.15) is 5.60 Å². The molecule has 26 heavy (non-hydrogen) atoms. The van der Waals surface area contributed by atoms with Crippen molar-refractivity contribution in [3.05, 3.63) is 23.0 Å².